The van der Waals surface area contributed by atoms with Gasteiger partial charge in [-0.25, -0.2) is 0 Å². The van der Waals surface area contributed by atoms with E-state index >= 15 is 0 Å². The Hall–Kier alpha value is -1.24. The fraction of sp³-hybridized carbons (Fsp3) is 0.467. The first kappa shape index (κ1) is 11.3. The minimum absolute atomic E-state index is 0.551. The molecule has 1 heterocycles. The molecule has 16 heavy (non-hydrogen) atoms. The SMILES string of the molecule is CC(C)c1cccc2c1C(C(C)C)C=CN2. The van der Waals surface area contributed by atoms with E-state index in [1.165, 1.54) is 16.8 Å². The van der Waals surface area contributed by atoms with Gasteiger partial charge in [0.15, 0.2) is 0 Å². The summed E-state index contributed by atoms with van der Waals surface area (Å²) in [6.07, 6.45) is 4.37. The first-order valence-electron chi connectivity index (χ1n) is 6.17. The molecular weight excluding hydrogens is 194 g/mol. The Balaban J connectivity index is 2.54. The lowest BCUT2D eigenvalue weighted by atomic mass is 9.80. The Morgan fingerprint density at radius 1 is 1.12 bits per heavy atom. The first-order valence-corrected chi connectivity index (χ1v) is 6.17. The number of hydrogen-bond acceptors (Lipinski definition) is 1. The van der Waals surface area contributed by atoms with Crippen molar-refractivity contribution in [2.24, 2.45) is 5.92 Å². The van der Waals surface area contributed by atoms with Crippen molar-refractivity contribution in [2.45, 2.75) is 39.5 Å². The van der Waals surface area contributed by atoms with Crippen LogP contribution in [0.1, 0.15) is 50.7 Å². The van der Waals surface area contributed by atoms with Gasteiger partial charge in [0.1, 0.15) is 0 Å². The van der Waals surface area contributed by atoms with Crippen molar-refractivity contribution in [3.8, 4) is 0 Å². The van der Waals surface area contributed by atoms with Crippen molar-refractivity contribution in [3.63, 3.8) is 0 Å². The van der Waals surface area contributed by atoms with E-state index in [9.17, 15) is 0 Å². The van der Waals surface area contributed by atoms with Gasteiger partial charge in [-0.05, 0) is 35.2 Å². The summed E-state index contributed by atoms with van der Waals surface area (Å²) in [6.45, 7) is 9.12. The van der Waals surface area contributed by atoms with Crippen LogP contribution in [-0.4, -0.2) is 0 Å². The number of allylic oxidation sites excluding steroid dienone is 1. The Morgan fingerprint density at radius 2 is 1.88 bits per heavy atom. The second-order valence-electron chi connectivity index (χ2n) is 5.24. The van der Waals surface area contributed by atoms with Crippen LogP contribution in [0.5, 0.6) is 0 Å². The van der Waals surface area contributed by atoms with E-state index in [1.807, 2.05) is 0 Å². The van der Waals surface area contributed by atoms with Crippen LogP contribution in [0.4, 0.5) is 5.69 Å². The second-order valence-corrected chi connectivity index (χ2v) is 5.24. The van der Waals surface area contributed by atoms with E-state index in [4.69, 9.17) is 0 Å². The van der Waals surface area contributed by atoms with E-state index in [1.54, 1.807) is 0 Å². The molecule has 0 radical (unpaired) electrons. The third kappa shape index (κ3) is 1.87. The summed E-state index contributed by atoms with van der Waals surface area (Å²) in [5.41, 5.74) is 4.26. The molecule has 1 N–H and O–H groups in total. The van der Waals surface area contributed by atoms with Gasteiger partial charge < -0.3 is 5.32 Å². The average molecular weight is 215 g/mol. The van der Waals surface area contributed by atoms with Gasteiger partial charge in [-0.1, -0.05) is 45.9 Å². The second kappa shape index (κ2) is 4.32. The lowest BCUT2D eigenvalue weighted by Crippen LogP contribution is -2.14. The first-order chi connectivity index (χ1) is 7.61. The minimum atomic E-state index is 0.551. The van der Waals surface area contributed by atoms with Crippen LogP contribution in [0.25, 0.3) is 0 Å². The number of anilines is 1. The van der Waals surface area contributed by atoms with E-state index in [0.29, 0.717) is 17.8 Å². The summed E-state index contributed by atoms with van der Waals surface area (Å²) >= 11 is 0. The molecule has 0 fully saturated rings. The van der Waals surface area contributed by atoms with Gasteiger partial charge >= 0.3 is 0 Å². The van der Waals surface area contributed by atoms with Crippen molar-refractivity contribution in [1.29, 1.82) is 0 Å². The number of hydrogen-bond donors (Lipinski definition) is 1. The largest absolute Gasteiger partial charge is 0.362 e. The third-order valence-electron chi connectivity index (χ3n) is 3.36. The van der Waals surface area contributed by atoms with Crippen molar-refractivity contribution < 1.29 is 0 Å². The molecule has 2 rings (SSSR count). The van der Waals surface area contributed by atoms with Crippen molar-refractivity contribution >= 4 is 5.69 Å². The fourth-order valence-electron chi connectivity index (χ4n) is 2.48. The smallest absolute Gasteiger partial charge is 0.0421 e. The summed E-state index contributed by atoms with van der Waals surface area (Å²) in [4.78, 5) is 0. The predicted octanol–water partition coefficient (Wildman–Crippen LogP) is 4.49. The zero-order valence-electron chi connectivity index (χ0n) is 10.6. The molecule has 86 valence electrons. The monoisotopic (exact) mass is 215 g/mol. The van der Waals surface area contributed by atoms with Gasteiger partial charge in [0.05, 0.1) is 0 Å². The molecule has 1 aliphatic rings. The normalized spacial score (nSPS) is 18.8. The molecule has 1 aliphatic heterocycles. The summed E-state index contributed by atoms with van der Waals surface area (Å²) in [6, 6.07) is 6.59. The Morgan fingerprint density at radius 3 is 2.50 bits per heavy atom. The molecule has 0 spiro atoms. The number of rotatable bonds is 2. The highest BCUT2D eigenvalue weighted by Gasteiger charge is 2.23. The molecule has 1 heteroatoms. The van der Waals surface area contributed by atoms with E-state index < -0.39 is 0 Å². The lowest BCUT2D eigenvalue weighted by molar-refractivity contribution is 0.569. The number of benzene rings is 1. The number of fused-ring (bicyclic) bond motifs is 1. The van der Waals surface area contributed by atoms with Crippen LogP contribution < -0.4 is 5.32 Å². The number of nitrogens with one attached hydrogen (secondary N) is 1. The highest BCUT2D eigenvalue weighted by molar-refractivity contribution is 5.62. The highest BCUT2D eigenvalue weighted by Crippen LogP contribution is 2.39. The maximum absolute atomic E-state index is 3.36. The highest BCUT2D eigenvalue weighted by atomic mass is 14.9. The topological polar surface area (TPSA) is 12.0 Å². The average Bonchev–Trinajstić information content (AvgIpc) is 2.27. The zero-order valence-corrected chi connectivity index (χ0v) is 10.6. The van der Waals surface area contributed by atoms with Crippen LogP contribution >= 0.6 is 0 Å². The molecule has 0 amide bonds. The molecule has 0 saturated carbocycles. The molecular formula is C15H21N. The quantitative estimate of drug-likeness (QED) is 0.766. The Labute approximate surface area is 98.6 Å². The summed E-state index contributed by atoms with van der Waals surface area (Å²) in [7, 11) is 0. The van der Waals surface area contributed by atoms with Gasteiger partial charge in [0.2, 0.25) is 0 Å². The van der Waals surface area contributed by atoms with Crippen molar-refractivity contribution in [3.05, 3.63) is 41.6 Å². The summed E-state index contributed by atoms with van der Waals surface area (Å²) in [5.74, 6) is 1.79. The van der Waals surface area contributed by atoms with E-state index in [2.05, 4.69) is 63.5 Å². The Bertz CT molecular complexity index is 402. The van der Waals surface area contributed by atoms with Gasteiger partial charge in [-0.2, -0.15) is 0 Å². The molecule has 0 bridgehead atoms. The van der Waals surface area contributed by atoms with Crippen LogP contribution in [-0.2, 0) is 0 Å². The summed E-state index contributed by atoms with van der Waals surface area (Å²) in [5, 5.41) is 3.36. The Kier molecular flexibility index (Phi) is 3.04. The van der Waals surface area contributed by atoms with Gasteiger partial charge in [0, 0.05) is 11.6 Å². The zero-order chi connectivity index (χ0) is 11.7. The lowest BCUT2D eigenvalue weighted by Gasteiger charge is -2.28. The van der Waals surface area contributed by atoms with Gasteiger partial charge in [-0.3, -0.25) is 0 Å². The molecule has 1 aromatic rings. The molecule has 1 nitrogen and oxygen atoms in total. The van der Waals surface area contributed by atoms with Gasteiger partial charge in [-0.15, -0.1) is 0 Å². The predicted molar refractivity (Wildman–Crippen MR) is 70.9 cm³/mol. The molecule has 0 aliphatic carbocycles. The summed E-state index contributed by atoms with van der Waals surface area (Å²) < 4.78 is 0. The minimum Gasteiger partial charge on any atom is -0.362 e. The van der Waals surface area contributed by atoms with Crippen LogP contribution in [0.2, 0.25) is 0 Å². The van der Waals surface area contributed by atoms with Crippen molar-refractivity contribution in [1.82, 2.24) is 0 Å². The molecule has 1 atom stereocenters. The standard InChI is InChI=1S/C15H21N/c1-10(2)12-6-5-7-14-15(12)13(11(3)4)8-9-16-14/h5-11,13,16H,1-4H3. The van der Waals surface area contributed by atoms with E-state index in [0.717, 1.165) is 0 Å². The van der Waals surface area contributed by atoms with Crippen LogP contribution in [0.15, 0.2) is 30.5 Å². The molecule has 0 aromatic heterocycles. The van der Waals surface area contributed by atoms with E-state index in [-0.39, 0.29) is 0 Å². The van der Waals surface area contributed by atoms with Gasteiger partial charge in [0.25, 0.3) is 0 Å². The van der Waals surface area contributed by atoms with Crippen molar-refractivity contribution in [2.75, 3.05) is 5.32 Å². The van der Waals surface area contributed by atoms with Crippen LogP contribution in [0.3, 0.4) is 0 Å². The maximum atomic E-state index is 3.36. The fourth-order valence-corrected chi connectivity index (χ4v) is 2.48. The molecule has 0 saturated heterocycles. The third-order valence-corrected chi connectivity index (χ3v) is 3.36. The maximum Gasteiger partial charge on any atom is 0.0421 e. The molecule has 1 unspecified atom stereocenters. The van der Waals surface area contributed by atoms with Crippen LogP contribution in [0, 0.1) is 5.92 Å². The molecule has 1 aromatic carbocycles.